The number of benzene rings is 2. The highest BCUT2D eigenvalue weighted by Crippen LogP contribution is 2.42. The normalized spacial score (nSPS) is 19.0. The van der Waals surface area contributed by atoms with E-state index in [-0.39, 0.29) is 55.0 Å². The van der Waals surface area contributed by atoms with E-state index >= 15 is 0 Å². The predicted octanol–water partition coefficient (Wildman–Crippen LogP) is 12.0. The summed E-state index contributed by atoms with van der Waals surface area (Å²) in [5.74, 6) is -0.310. The van der Waals surface area contributed by atoms with Crippen molar-refractivity contribution in [2.24, 2.45) is 11.8 Å². The van der Waals surface area contributed by atoms with Crippen LogP contribution in [-0.4, -0.2) is 109 Å². The van der Waals surface area contributed by atoms with Gasteiger partial charge in [-0.1, -0.05) is 99.2 Å². The summed E-state index contributed by atoms with van der Waals surface area (Å²) in [4.78, 5) is 82.5. The third-order valence-corrected chi connectivity index (χ3v) is 15.9. The fraction of sp³-hybridized carbons (Fsp3) is 0.519. The van der Waals surface area contributed by atoms with Crippen molar-refractivity contribution in [2.75, 3.05) is 45.3 Å². The van der Waals surface area contributed by atoms with Gasteiger partial charge in [0, 0.05) is 33.4 Å². The number of ether oxygens (including phenoxy) is 4. The number of hydrogen-bond acceptors (Lipinski definition) is 12. The fourth-order valence-corrected chi connectivity index (χ4v) is 12.2. The highest BCUT2D eigenvalue weighted by atomic mass is 79.9. The van der Waals surface area contributed by atoms with Gasteiger partial charge in [0.1, 0.15) is 34.0 Å². The van der Waals surface area contributed by atoms with Gasteiger partial charge in [0.25, 0.3) is 0 Å². The van der Waals surface area contributed by atoms with Crippen LogP contribution in [0.25, 0.3) is 20.9 Å². The minimum atomic E-state index is -0.645. The first kappa shape index (κ1) is 55.1. The molecule has 2 aromatic carbocycles. The summed E-state index contributed by atoms with van der Waals surface area (Å²) < 4.78 is 21.5. The number of hydrogen-bond donors (Lipinski definition) is 1. The van der Waals surface area contributed by atoms with Crippen LogP contribution in [0.4, 0.5) is 15.3 Å². The number of methoxy groups -OCH3 is 2. The Morgan fingerprint density at radius 1 is 0.620 bits per heavy atom. The Labute approximate surface area is 434 Å². The van der Waals surface area contributed by atoms with Crippen molar-refractivity contribution in [3.05, 3.63) is 87.0 Å². The molecule has 8 rings (SSSR count). The van der Waals surface area contributed by atoms with Gasteiger partial charge in [0.15, 0.2) is 0 Å². The van der Waals surface area contributed by atoms with Crippen LogP contribution in [-0.2, 0) is 28.5 Å². The molecule has 14 nitrogen and oxygen atoms in total. The summed E-state index contributed by atoms with van der Waals surface area (Å²) >= 11 is 6.12. The molecule has 2 aliphatic carbocycles. The van der Waals surface area contributed by atoms with Crippen LogP contribution in [0, 0.1) is 11.8 Å². The zero-order chi connectivity index (χ0) is 51.5. The molecule has 2 saturated carbocycles. The molecule has 2 saturated heterocycles. The fourth-order valence-electron chi connectivity index (χ4n) is 9.39. The molecule has 4 amide bonds. The lowest BCUT2D eigenvalue weighted by Crippen LogP contribution is -2.61. The van der Waals surface area contributed by atoms with Gasteiger partial charge in [0.05, 0.1) is 25.9 Å². The van der Waals surface area contributed by atoms with Crippen LogP contribution < -0.4 is 10.2 Å². The van der Waals surface area contributed by atoms with Crippen molar-refractivity contribution in [1.29, 1.82) is 0 Å². The van der Waals surface area contributed by atoms with Crippen molar-refractivity contribution < 1.29 is 47.7 Å². The van der Waals surface area contributed by atoms with Gasteiger partial charge < -0.3 is 29.2 Å². The molecule has 4 aliphatic rings. The molecular weight excluding hydrogens is 1010 g/mol. The molecule has 71 heavy (non-hydrogen) atoms. The molecule has 2 aromatic heterocycles. The molecule has 0 spiro atoms. The van der Waals surface area contributed by atoms with Crippen molar-refractivity contribution >= 4 is 80.2 Å². The first-order chi connectivity index (χ1) is 33.7. The summed E-state index contributed by atoms with van der Waals surface area (Å²) in [5, 5.41) is 3.05. The van der Waals surface area contributed by atoms with Gasteiger partial charge in [-0.05, 0) is 118 Å². The number of nitrogens with one attached hydrogen (secondary N) is 1. The molecular formula is C54H69BrN4O10S2. The monoisotopic (exact) mass is 1080 g/mol. The molecule has 384 valence electrons. The van der Waals surface area contributed by atoms with E-state index in [9.17, 15) is 28.8 Å². The van der Waals surface area contributed by atoms with Gasteiger partial charge in [-0.25, -0.2) is 19.2 Å². The molecule has 4 aromatic rings. The second-order valence-corrected chi connectivity index (χ2v) is 23.3. The van der Waals surface area contributed by atoms with Crippen molar-refractivity contribution in [1.82, 2.24) is 15.1 Å². The van der Waals surface area contributed by atoms with Gasteiger partial charge >= 0.3 is 24.1 Å². The van der Waals surface area contributed by atoms with Crippen molar-refractivity contribution in [3.8, 4) is 20.9 Å². The molecule has 0 unspecified atom stereocenters. The Morgan fingerprint density at radius 2 is 1.08 bits per heavy atom. The molecule has 17 heteroatoms. The molecule has 1 N–H and O–H groups in total. The lowest BCUT2D eigenvalue weighted by Gasteiger charge is -2.45. The highest BCUT2D eigenvalue weighted by molar-refractivity contribution is 9.10. The lowest BCUT2D eigenvalue weighted by atomic mass is 9.82. The van der Waals surface area contributed by atoms with Gasteiger partial charge in [0.2, 0.25) is 11.8 Å². The minimum Gasteiger partial charge on any atom is -0.465 e. The summed E-state index contributed by atoms with van der Waals surface area (Å²) in [5.41, 5.74) is 1.48. The maximum Gasteiger partial charge on any atom is 0.410 e. The number of amides is 4. The Morgan fingerprint density at radius 3 is 1.59 bits per heavy atom. The number of thiophene rings is 2. The molecule has 0 bridgehead atoms. The Balaban J connectivity index is 0.000000193. The van der Waals surface area contributed by atoms with Crippen LogP contribution in [0.2, 0.25) is 0 Å². The van der Waals surface area contributed by atoms with E-state index in [2.05, 4.69) is 21.2 Å². The van der Waals surface area contributed by atoms with E-state index < -0.39 is 23.3 Å². The first-order valence-corrected chi connectivity index (χ1v) is 27.0. The number of halogens is 1. The standard InChI is InChI=1S/C27H34N2O5S.C15H26N2O3.C12H9BrO2S/c1-27(2,3)34-26(32)28-16-21(18-11-7-5-8-12-18)29(23(30)17-28)20-15-22(19-13-9-6-10-14-19)35-24(20)25(31)33-4;1-15(2,3)20-14(19)17-9-12(16-13(18)10-17)11-7-5-4-6-8-11;1-15-12(14)11-9(13)7-10(16-11)8-5-3-2-4-6-8/h6,9-10,13-15,18,21H,5,7-8,11-12,16-17H2,1-4H3;11-12H,4-10H2,1-3H3,(H,16,18);2-7H,1H3/t21-;12-;/m00./s1. The van der Waals surface area contributed by atoms with E-state index in [0.29, 0.717) is 34.4 Å². The third kappa shape index (κ3) is 15.4. The van der Waals surface area contributed by atoms with Crippen LogP contribution >= 0.6 is 38.6 Å². The number of piperazine rings is 2. The average Bonchev–Trinajstić information content (AvgIpc) is 3.98. The van der Waals surface area contributed by atoms with E-state index in [4.69, 9.17) is 18.9 Å². The summed E-state index contributed by atoms with van der Waals surface area (Å²) in [6.07, 6.45) is 10.5. The van der Waals surface area contributed by atoms with Crippen molar-refractivity contribution in [2.45, 2.75) is 129 Å². The average molecular weight is 1080 g/mol. The number of carbonyl (C=O) groups excluding carboxylic acids is 6. The molecule has 0 radical (unpaired) electrons. The maximum absolute atomic E-state index is 13.7. The quantitative estimate of drug-likeness (QED) is 0.139. The lowest BCUT2D eigenvalue weighted by molar-refractivity contribution is -0.126. The van der Waals surface area contributed by atoms with Gasteiger partial charge in [-0.15, -0.1) is 22.7 Å². The first-order valence-electron chi connectivity index (χ1n) is 24.5. The Hall–Kier alpha value is -5.26. The zero-order valence-electron chi connectivity index (χ0n) is 42.3. The van der Waals surface area contributed by atoms with Crippen LogP contribution in [0.15, 0.2) is 77.3 Å². The second-order valence-electron chi connectivity index (χ2n) is 20.4. The molecule has 4 fully saturated rings. The van der Waals surface area contributed by atoms with Crippen LogP contribution in [0.3, 0.4) is 0 Å². The maximum atomic E-state index is 13.7. The third-order valence-electron chi connectivity index (χ3n) is 12.7. The number of esters is 2. The Kier molecular flexibility index (Phi) is 19.3. The van der Waals surface area contributed by atoms with Crippen LogP contribution in [0.1, 0.15) is 125 Å². The van der Waals surface area contributed by atoms with E-state index in [0.717, 1.165) is 63.9 Å². The van der Waals surface area contributed by atoms with Crippen LogP contribution in [0.5, 0.6) is 0 Å². The van der Waals surface area contributed by atoms with Gasteiger partial charge in [-0.2, -0.15) is 0 Å². The topological polar surface area (TPSA) is 161 Å². The van der Waals surface area contributed by atoms with E-state index in [1.165, 1.54) is 67.5 Å². The Bertz CT molecular complexity index is 2450. The number of rotatable bonds is 7. The van der Waals surface area contributed by atoms with Crippen molar-refractivity contribution in [3.63, 3.8) is 0 Å². The predicted molar refractivity (Wildman–Crippen MR) is 282 cm³/mol. The highest BCUT2D eigenvalue weighted by Gasteiger charge is 2.43. The smallest absolute Gasteiger partial charge is 0.410 e. The van der Waals surface area contributed by atoms with E-state index in [1.54, 1.807) is 9.80 Å². The summed E-state index contributed by atoms with van der Waals surface area (Å²) in [6.45, 7) is 12.0. The number of anilines is 1. The minimum absolute atomic E-state index is 0.0716. The second kappa shape index (κ2) is 24.9. The number of nitrogens with zero attached hydrogens (tertiary/aromatic N) is 3. The summed E-state index contributed by atoms with van der Waals surface area (Å²) in [7, 11) is 2.74. The van der Waals surface area contributed by atoms with Gasteiger partial charge in [-0.3, -0.25) is 19.4 Å². The molecule has 2 aliphatic heterocycles. The molecule has 2 atom stereocenters. The number of carbonyl (C=O) groups is 6. The zero-order valence-corrected chi connectivity index (χ0v) is 45.5. The summed E-state index contributed by atoms with van der Waals surface area (Å²) in [6, 6.07) is 23.5. The molecule has 4 heterocycles. The largest absolute Gasteiger partial charge is 0.465 e. The SMILES string of the molecule is CC(C)(C)OC(=O)N1CC(=O)N[C@H](C2CCCCC2)C1.COC(=O)c1sc(-c2ccccc2)cc1Br.COC(=O)c1sc(-c2ccccc2)cc1N1C(=O)CN(C(=O)OC(C)(C)C)C[C@H]1C1CCCCC1. The van der Waals surface area contributed by atoms with E-state index in [1.807, 2.05) is 114 Å².